The number of rotatable bonds is 1. The molecule has 12 heavy (non-hydrogen) atoms. The predicted octanol–water partition coefficient (Wildman–Crippen LogP) is 1.91. The molecule has 1 saturated carbocycles. The van der Waals surface area contributed by atoms with Crippen LogP contribution in [0, 0.1) is 11.3 Å². The van der Waals surface area contributed by atoms with Gasteiger partial charge in [-0.1, -0.05) is 12.2 Å². The molecule has 0 bridgehead atoms. The third kappa shape index (κ3) is 0.780. The van der Waals surface area contributed by atoms with Gasteiger partial charge in [-0.25, -0.2) is 0 Å². The Morgan fingerprint density at radius 3 is 2.75 bits per heavy atom. The first-order chi connectivity index (χ1) is 5.67. The average Bonchev–Trinajstić information content (AvgIpc) is 2.29. The van der Waals surface area contributed by atoms with Crippen molar-refractivity contribution in [3.63, 3.8) is 0 Å². The SMILES string of the molecule is C=C(C)[C@H]1CC[C@@]12CCOC2=O. The van der Waals surface area contributed by atoms with Gasteiger partial charge in [-0.3, -0.25) is 4.79 Å². The average molecular weight is 166 g/mol. The van der Waals surface area contributed by atoms with E-state index in [9.17, 15) is 4.79 Å². The van der Waals surface area contributed by atoms with Gasteiger partial charge in [0.15, 0.2) is 0 Å². The van der Waals surface area contributed by atoms with E-state index in [4.69, 9.17) is 4.74 Å². The molecule has 2 heteroatoms. The molecule has 1 heterocycles. The molecule has 66 valence electrons. The van der Waals surface area contributed by atoms with Crippen LogP contribution in [0.25, 0.3) is 0 Å². The van der Waals surface area contributed by atoms with E-state index in [2.05, 4.69) is 6.58 Å². The molecule has 1 aliphatic heterocycles. The lowest BCUT2D eigenvalue weighted by Gasteiger charge is -2.44. The summed E-state index contributed by atoms with van der Waals surface area (Å²) in [7, 11) is 0. The van der Waals surface area contributed by atoms with Crippen molar-refractivity contribution in [2.24, 2.45) is 11.3 Å². The highest BCUT2D eigenvalue weighted by atomic mass is 16.5. The number of allylic oxidation sites excluding steroid dienone is 1. The molecule has 2 atom stereocenters. The van der Waals surface area contributed by atoms with E-state index < -0.39 is 0 Å². The first kappa shape index (κ1) is 7.84. The molecular formula is C10H14O2. The Balaban J connectivity index is 2.21. The monoisotopic (exact) mass is 166 g/mol. The van der Waals surface area contributed by atoms with Crippen molar-refractivity contribution in [3.8, 4) is 0 Å². The number of ether oxygens (including phenoxy) is 1. The highest BCUT2D eigenvalue weighted by Gasteiger charge is 2.56. The Morgan fingerprint density at radius 2 is 2.42 bits per heavy atom. The summed E-state index contributed by atoms with van der Waals surface area (Å²) in [6.07, 6.45) is 3.02. The van der Waals surface area contributed by atoms with Gasteiger partial charge >= 0.3 is 5.97 Å². The van der Waals surface area contributed by atoms with Crippen molar-refractivity contribution in [2.45, 2.75) is 26.2 Å². The lowest BCUT2D eigenvalue weighted by Crippen LogP contribution is -2.44. The van der Waals surface area contributed by atoms with Crippen LogP contribution in [-0.2, 0) is 9.53 Å². The number of carbonyl (C=O) groups excluding carboxylic acids is 1. The fourth-order valence-electron chi connectivity index (χ4n) is 2.47. The molecule has 2 nitrogen and oxygen atoms in total. The first-order valence-corrected chi connectivity index (χ1v) is 4.49. The Kier molecular flexibility index (Phi) is 1.53. The van der Waals surface area contributed by atoms with E-state index in [0.717, 1.165) is 24.8 Å². The standard InChI is InChI=1S/C10H14O2/c1-7(2)8-3-4-10(8)5-6-12-9(10)11/h8H,1,3-6H2,2H3/t8-,10-/m1/s1. The van der Waals surface area contributed by atoms with Gasteiger partial charge in [-0.05, 0) is 32.1 Å². The molecular weight excluding hydrogens is 152 g/mol. The molecule has 2 fully saturated rings. The molecule has 1 aliphatic carbocycles. The normalized spacial score (nSPS) is 39.4. The summed E-state index contributed by atoms with van der Waals surface area (Å²) in [4.78, 5) is 11.4. The van der Waals surface area contributed by atoms with Crippen molar-refractivity contribution < 1.29 is 9.53 Å². The van der Waals surface area contributed by atoms with E-state index in [1.807, 2.05) is 6.92 Å². The maximum absolute atomic E-state index is 11.4. The molecule has 0 aromatic heterocycles. The molecule has 0 radical (unpaired) electrons. The van der Waals surface area contributed by atoms with Gasteiger partial charge in [0.05, 0.1) is 12.0 Å². The molecule has 1 spiro atoms. The topological polar surface area (TPSA) is 26.3 Å². The zero-order valence-electron chi connectivity index (χ0n) is 7.43. The van der Waals surface area contributed by atoms with E-state index in [-0.39, 0.29) is 11.4 Å². The Morgan fingerprint density at radius 1 is 1.67 bits per heavy atom. The highest BCUT2D eigenvalue weighted by molar-refractivity contribution is 5.80. The van der Waals surface area contributed by atoms with Crippen LogP contribution in [0.1, 0.15) is 26.2 Å². The third-order valence-electron chi connectivity index (χ3n) is 3.33. The number of hydrogen-bond donors (Lipinski definition) is 0. The van der Waals surface area contributed by atoms with Gasteiger partial charge in [0.25, 0.3) is 0 Å². The van der Waals surface area contributed by atoms with Crippen molar-refractivity contribution in [1.29, 1.82) is 0 Å². The molecule has 1 saturated heterocycles. The molecule has 0 aromatic rings. The predicted molar refractivity (Wildman–Crippen MR) is 45.5 cm³/mol. The summed E-state index contributed by atoms with van der Waals surface area (Å²) >= 11 is 0. The van der Waals surface area contributed by atoms with E-state index >= 15 is 0 Å². The summed E-state index contributed by atoms with van der Waals surface area (Å²) in [5.74, 6) is 0.411. The van der Waals surface area contributed by atoms with E-state index in [0.29, 0.717) is 12.5 Å². The number of hydrogen-bond acceptors (Lipinski definition) is 2. The lowest BCUT2D eigenvalue weighted by molar-refractivity contribution is -0.153. The lowest BCUT2D eigenvalue weighted by atomic mass is 9.57. The summed E-state index contributed by atoms with van der Waals surface area (Å²) in [6.45, 7) is 6.55. The quantitative estimate of drug-likeness (QED) is 0.439. The van der Waals surface area contributed by atoms with Gasteiger partial charge in [-0.2, -0.15) is 0 Å². The summed E-state index contributed by atoms with van der Waals surface area (Å²) in [5.41, 5.74) is 0.992. The van der Waals surface area contributed by atoms with E-state index in [1.54, 1.807) is 0 Å². The van der Waals surface area contributed by atoms with Crippen molar-refractivity contribution in [3.05, 3.63) is 12.2 Å². The van der Waals surface area contributed by atoms with Crippen LogP contribution in [0.5, 0.6) is 0 Å². The molecule has 0 N–H and O–H groups in total. The van der Waals surface area contributed by atoms with Crippen LogP contribution < -0.4 is 0 Å². The second kappa shape index (κ2) is 2.35. The molecule has 0 unspecified atom stereocenters. The van der Waals surface area contributed by atoms with Crippen LogP contribution in [0.4, 0.5) is 0 Å². The molecule has 2 rings (SSSR count). The number of esters is 1. The Labute approximate surface area is 72.6 Å². The summed E-state index contributed by atoms with van der Waals surface area (Å²) in [5, 5.41) is 0. The maximum Gasteiger partial charge on any atom is 0.312 e. The Bertz CT molecular complexity index is 244. The zero-order chi connectivity index (χ0) is 8.77. The highest BCUT2D eigenvalue weighted by Crippen LogP contribution is 2.55. The fraction of sp³-hybridized carbons (Fsp3) is 0.700. The van der Waals surface area contributed by atoms with Crippen LogP contribution in [0.3, 0.4) is 0 Å². The molecule has 2 aliphatic rings. The van der Waals surface area contributed by atoms with Crippen molar-refractivity contribution in [1.82, 2.24) is 0 Å². The first-order valence-electron chi connectivity index (χ1n) is 4.49. The van der Waals surface area contributed by atoms with Gasteiger partial charge in [0.1, 0.15) is 0 Å². The summed E-state index contributed by atoms with van der Waals surface area (Å²) in [6, 6.07) is 0. The molecule has 0 aromatic carbocycles. The van der Waals surface area contributed by atoms with Gasteiger partial charge in [0, 0.05) is 0 Å². The zero-order valence-corrected chi connectivity index (χ0v) is 7.43. The number of carbonyl (C=O) groups is 1. The second-order valence-corrected chi connectivity index (χ2v) is 3.98. The number of cyclic esters (lactones) is 1. The second-order valence-electron chi connectivity index (χ2n) is 3.98. The van der Waals surface area contributed by atoms with Crippen LogP contribution in [-0.4, -0.2) is 12.6 Å². The van der Waals surface area contributed by atoms with Gasteiger partial charge in [-0.15, -0.1) is 0 Å². The largest absolute Gasteiger partial charge is 0.465 e. The van der Waals surface area contributed by atoms with Crippen molar-refractivity contribution >= 4 is 5.97 Å². The Hall–Kier alpha value is -0.790. The maximum atomic E-state index is 11.4. The van der Waals surface area contributed by atoms with Crippen molar-refractivity contribution in [2.75, 3.05) is 6.61 Å². The third-order valence-corrected chi connectivity index (χ3v) is 3.33. The van der Waals surface area contributed by atoms with Crippen LogP contribution in [0.2, 0.25) is 0 Å². The smallest absolute Gasteiger partial charge is 0.312 e. The van der Waals surface area contributed by atoms with Gasteiger partial charge in [0.2, 0.25) is 0 Å². The van der Waals surface area contributed by atoms with Crippen LogP contribution >= 0.6 is 0 Å². The molecule has 0 amide bonds. The van der Waals surface area contributed by atoms with Crippen LogP contribution in [0.15, 0.2) is 12.2 Å². The van der Waals surface area contributed by atoms with E-state index in [1.165, 1.54) is 0 Å². The fourth-order valence-corrected chi connectivity index (χ4v) is 2.47. The minimum absolute atomic E-state index is 0.0155. The summed E-state index contributed by atoms with van der Waals surface area (Å²) < 4.78 is 5.01. The minimum atomic E-state index is -0.147. The minimum Gasteiger partial charge on any atom is -0.465 e. The van der Waals surface area contributed by atoms with Gasteiger partial charge < -0.3 is 4.74 Å².